The van der Waals surface area contributed by atoms with Gasteiger partial charge in [-0.05, 0) is 37.1 Å². The minimum atomic E-state index is -0.825. The molecule has 4 heteroatoms. The van der Waals surface area contributed by atoms with Crippen LogP contribution in [0, 0.1) is 18.6 Å². The fourth-order valence-corrected chi connectivity index (χ4v) is 2.85. The van der Waals surface area contributed by atoms with E-state index in [1.165, 1.54) is 6.07 Å². The van der Waals surface area contributed by atoms with Crippen LogP contribution in [-0.4, -0.2) is 0 Å². The Bertz CT molecular complexity index is 522. The smallest absolute Gasteiger partial charge is 0.162 e. The minimum absolute atomic E-state index is 0.297. The van der Waals surface area contributed by atoms with Crippen LogP contribution in [0.15, 0.2) is 30.3 Å². The van der Waals surface area contributed by atoms with Crippen molar-refractivity contribution in [3.05, 3.63) is 57.3 Å². The molecule has 2 aromatic rings. The summed E-state index contributed by atoms with van der Waals surface area (Å²) in [4.78, 5) is 2.14. The molecule has 0 aliphatic rings. The number of rotatable bonds is 3. The van der Waals surface area contributed by atoms with E-state index in [0.29, 0.717) is 12.0 Å². The van der Waals surface area contributed by atoms with Crippen LogP contribution >= 0.6 is 22.9 Å². The van der Waals surface area contributed by atoms with Gasteiger partial charge in [-0.25, -0.2) is 8.78 Å². The molecule has 0 saturated heterocycles. The van der Waals surface area contributed by atoms with Gasteiger partial charge in [0.05, 0.1) is 5.38 Å². The van der Waals surface area contributed by atoms with Crippen LogP contribution < -0.4 is 0 Å². The molecule has 0 aliphatic carbocycles. The zero-order valence-electron chi connectivity index (χ0n) is 9.21. The van der Waals surface area contributed by atoms with Crippen LogP contribution in [0.2, 0.25) is 0 Å². The van der Waals surface area contributed by atoms with Crippen LogP contribution in [-0.2, 0) is 6.42 Å². The van der Waals surface area contributed by atoms with Crippen molar-refractivity contribution in [2.24, 2.45) is 0 Å². The zero-order chi connectivity index (χ0) is 12.4. The highest BCUT2D eigenvalue weighted by molar-refractivity contribution is 7.12. The highest BCUT2D eigenvalue weighted by Crippen LogP contribution is 2.31. The second kappa shape index (κ2) is 5.15. The molecule has 0 spiro atoms. The molecule has 1 unspecified atom stereocenters. The second-order valence-corrected chi connectivity index (χ2v) is 5.68. The number of hydrogen-bond acceptors (Lipinski definition) is 1. The lowest BCUT2D eigenvalue weighted by Crippen LogP contribution is -1.98. The number of alkyl halides is 1. The van der Waals surface area contributed by atoms with Crippen molar-refractivity contribution in [1.29, 1.82) is 0 Å². The maximum absolute atomic E-state index is 13.5. The first-order valence-electron chi connectivity index (χ1n) is 5.21. The molecule has 0 radical (unpaired) electrons. The van der Waals surface area contributed by atoms with E-state index in [2.05, 4.69) is 0 Å². The molecule has 0 nitrogen and oxygen atoms in total. The third-order valence-electron chi connectivity index (χ3n) is 2.50. The molecule has 1 aromatic carbocycles. The highest BCUT2D eigenvalue weighted by atomic mass is 35.5. The molecular formula is C13H11ClF2S. The summed E-state index contributed by atoms with van der Waals surface area (Å²) in [5.41, 5.74) is 0.316. The Morgan fingerprint density at radius 2 is 2.00 bits per heavy atom. The van der Waals surface area contributed by atoms with Gasteiger partial charge in [0.15, 0.2) is 11.6 Å². The minimum Gasteiger partial charge on any atom is -0.204 e. The van der Waals surface area contributed by atoms with Crippen molar-refractivity contribution < 1.29 is 8.78 Å². The SMILES string of the molecule is Cc1ccc(C(Cl)Cc2cccc(F)c2F)s1. The summed E-state index contributed by atoms with van der Waals surface area (Å²) >= 11 is 7.78. The summed E-state index contributed by atoms with van der Waals surface area (Å²) in [6.45, 7) is 1.99. The second-order valence-electron chi connectivity index (χ2n) is 3.83. The van der Waals surface area contributed by atoms with E-state index in [1.807, 2.05) is 19.1 Å². The van der Waals surface area contributed by atoms with Gasteiger partial charge in [0, 0.05) is 9.75 Å². The largest absolute Gasteiger partial charge is 0.204 e. The van der Waals surface area contributed by atoms with Gasteiger partial charge in [-0.3, -0.25) is 0 Å². The normalized spacial score (nSPS) is 12.7. The summed E-state index contributed by atoms with van der Waals surface area (Å²) < 4.78 is 26.5. The van der Waals surface area contributed by atoms with Gasteiger partial charge in [0.2, 0.25) is 0 Å². The lowest BCUT2D eigenvalue weighted by molar-refractivity contribution is 0.498. The maximum Gasteiger partial charge on any atom is 0.162 e. The van der Waals surface area contributed by atoms with Crippen molar-refractivity contribution in [2.75, 3.05) is 0 Å². The zero-order valence-corrected chi connectivity index (χ0v) is 10.8. The summed E-state index contributed by atoms with van der Waals surface area (Å²) in [7, 11) is 0. The molecule has 90 valence electrons. The predicted octanol–water partition coefficient (Wildman–Crippen LogP) is 4.86. The van der Waals surface area contributed by atoms with Crippen LogP contribution in [0.1, 0.15) is 20.7 Å². The quantitative estimate of drug-likeness (QED) is 0.700. The van der Waals surface area contributed by atoms with Crippen LogP contribution in [0.25, 0.3) is 0 Å². The van der Waals surface area contributed by atoms with Crippen molar-refractivity contribution in [3.63, 3.8) is 0 Å². The van der Waals surface area contributed by atoms with Gasteiger partial charge in [-0.1, -0.05) is 12.1 Å². The van der Waals surface area contributed by atoms with E-state index in [0.717, 1.165) is 15.8 Å². The Morgan fingerprint density at radius 1 is 1.24 bits per heavy atom. The average molecular weight is 273 g/mol. The third kappa shape index (κ3) is 2.85. The molecule has 0 saturated carbocycles. The van der Waals surface area contributed by atoms with Crippen molar-refractivity contribution >= 4 is 22.9 Å². The van der Waals surface area contributed by atoms with E-state index in [9.17, 15) is 8.78 Å². The third-order valence-corrected chi connectivity index (χ3v) is 4.13. The Balaban J connectivity index is 2.18. The molecule has 0 aliphatic heterocycles. The number of thiophene rings is 1. The van der Waals surface area contributed by atoms with Crippen molar-refractivity contribution in [3.8, 4) is 0 Å². The van der Waals surface area contributed by atoms with Gasteiger partial charge < -0.3 is 0 Å². The Kier molecular flexibility index (Phi) is 3.79. The predicted molar refractivity (Wildman–Crippen MR) is 67.7 cm³/mol. The van der Waals surface area contributed by atoms with E-state index in [1.54, 1.807) is 17.4 Å². The van der Waals surface area contributed by atoms with Gasteiger partial charge >= 0.3 is 0 Å². The lowest BCUT2D eigenvalue weighted by atomic mass is 10.1. The Labute approximate surface area is 108 Å². The summed E-state index contributed by atoms with van der Waals surface area (Å²) in [5, 5.41) is -0.315. The Hall–Kier alpha value is -0.930. The average Bonchev–Trinajstić information content (AvgIpc) is 2.72. The first kappa shape index (κ1) is 12.5. The number of benzene rings is 1. The van der Waals surface area contributed by atoms with Crippen LogP contribution in [0.5, 0.6) is 0 Å². The topological polar surface area (TPSA) is 0 Å². The molecule has 1 aromatic heterocycles. The summed E-state index contributed by atoms with van der Waals surface area (Å²) in [6, 6.07) is 8.06. The number of aryl methyl sites for hydroxylation is 1. The standard InChI is InChI=1S/C13H11ClF2S/c1-8-5-6-12(17-8)10(14)7-9-3-2-4-11(15)13(9)16/h2-6,10H,7H2,1H3. The molecule has 17 heavy (non-hydrogen) atoms. The monoisotopic (exact) mass is 272 g/mol. The fourth-order valence-electron chi connectivity index (χ4n) is 1.62. The first-order valence-corrected chi connectivity index (χ1v) is 6.46. The molecule has 0 fully saturated rings. The molecule has 1 atom stereocenters. The van der Waals surface area contributed by atoms with Crippen molar-refractivity contribution in [2.45, 2.75) is 18.7 Å². The van der Waals surface area contributed by atoms with E-state index >= 15 is 0 Å². The molecule has 1 heterocycles. The van der Waals surface area contributed by atoms with Gasteiger partial charge in [-0.2, -0.15) is 0 Å². The van der Waals surface area contributed by atoms with Crippen molar-refractivity contribution in [1.82, 2.24) is 0 Å². The van der Waals surface area contributed by atoms with Crippen LogP contribution in [0.4, 0.5) is 8.78 Å². The van der Waals surface area contributed by atoms with E-state index < -0.39 is 11.6 Å². The number of halogens is 3. The maximum atomic E-state index is 13.5. The summed E-state index contributed by atoms with van der Waals surface area (Å²) in [6.07, 6.45) is 0.297. The molecule has 0 amide bonds. The van der Waals surface area contributed by atoms with Gasteiger partial charge in [0.1, 0.15) is 0 Å². The molecule has 0 bridgehead atoms. The van der Waals surface area contributed by atoms with Crippen LogP contribution in [0.3, 0.4) is 0 Å². The van der Waals surface area contributed by atoms with E-state index in [-0.39, 0.29) is 5.38 Å². The lowest BCUT2D eigenvalue weighted by Gasteiger charge is -2.08. The van der Waals surface area contributed by atoms with Gasteiger partial charge in [0.25, 0.3) is 0 Å². The fraction of sp³-hybridized carbons (Fsp3) is 0.231. The van der Waals surface area contributed by atoms with Gasteiger partial charge in [-0.15, -0.1) is 22.9 Å². The van der Waals surface area contributed by atoms with E-state index in [4.69, 9.17) is 11.6 Å². The highest BCUT2D eigenvalue weighted by Gasteiger charge is 2.15. The first-order chi connectivity index (χ1) is 8.08. The summed E-state index contributed by atoms with van der Waals surface area (Å²) in [5.74, 6) is -1.62. The Morgan fingerprint density at radius 3 is 2.65 bits per heavy atom. The number of hydrogen-bond donors (Lipinski definition) is 0. The molecule has 2 rings (SSSR count). The molecule has 0 N–H and O–H groups in total. The molecular weight excluding hydrogens is 262 g/mol.